The summed E-state index contributed by atoms with van der Waals surface area (Å²) < 4.78 is 2.22. The Morgan fingerprint density at radius 1 is 1.21 bits per heavy atom. The third kappa shape index (κ3) is 2.91. The van der Waals surface area contributed by atoms with E-state index in [4.69, 9.17) is 11.6 Å². The minimum absolute atomic E-state index is 0.681. The number of hydrogen-bond acceptors (Lipinski definition) is 3. The molecule has 0 saturated heterocycles. The molecule has 0 aliphatic heterocycles. The molecule has 2 nitrogen and oxygen atoms in total. The molecule has 5 heteroatoms. The predicted molar refractivity (Wildman–Crippen MR) is 86.1 cm³/mol. The maximum Gasteiger partial charge on any atom is 0.184 e. The van der Waals surface area contributed by atoms with Gasteiger partial charge in [-0.05, 0) is 29.8 Å². The molecule has 19 heavy (non-hydrogen) atoms. The normalized spacial score (nSPS) is 10.8. The maximum absolute atomic E-state index is 6.13. The number of halogens is 2. The number of thiazole rings is 1. The first-order valence-corrected chi connectivity index (χ1v) is 7.74. The van der Waals surface area contributed by atoms with Crippen molar-refractivity contribution in [2.45, 2.75) is 6.54 Å². The number of anilines is 1. The average molecular weight is 354 g/mol. The van der Waals surface area contributed by atoms with Crippen molar-refractivity contribution >= 4 is 54.2 Å². The summed E-state index contributed by atoms with van der Waals surface area (Å²) in [5.41, 5.74) is 2.07. The molecule has 3 aromatic rings. The molecule has 0 aliphatic rings. The zero-order valence-corrected chi connectivity index (χ0v) is 13.0. The highest BCUT2D eigenvalue weighted by molar-refractivity contribution is 9.10. The Balaban J connectivity index is 1.80. The van der Waals surface area contributed by atoms with Crippen LogP contribution in [-0.2, 0) is 6.54 Å². The van der Waals surface area contributed by atoms with E-state index < -0.39 is 0 Å². The van der Waals surface area contributed by atoms with Crippen molar-refractivity contribution in [3.05, 3.63) is 57.5 Å². The van der Waals surface area contributed by atoms with Crippen LogP contribution in [0, 0.1) is 0 Å². The Morgan fingerprint density at radius 3 is 2.89 bits per heavy atom. The van der Waals surface area contributed by atoms with Gasteiger partial charge in [0.15, 0.2) is 5.13 Å². The summed E-state index contributed by atoms with van der Waals surface area (Å²) in [5.74, 6) is 0. The highest BCUT2D eigenvalue weighted by Crippen LogP contribution is 2.28. The fourth-order valence-corrected chi connectivity index (χ4v) is 3.18. The van der Waals surface area contributed by atoms with Crippen LogP contribution in [0.3, 0.4) is 0 Å². The summed E-state index contributed by atoms with van der Waals surface area (Å²) in [5, 5.41) is 5.01. The van der Waals surface area contributed by atoms with Crippen LogP contribution >= 0.6 is 38.9 Å². The third-order valence-corrected chi connectivity index (χ3v) is 4.59. The van der Waals surface area contributed by atoms with E-state index in [1.807, 2.05) is 36.4 Å². The standard InChI is InChI=1S/C14H10BrClN2S/c15-10-5-6-13-12(7-10)18-14(19-13)17-8-9-3-1-2-4-11(9)16/h1-7H,8H2,(H,17,18). The van der Waals surface area contributed by atoms with Crippen LogP contribution in [0.1, 0.15) is 5.56 Å². The van der Waals surface area contributed by atoms with Crippen LogP contribution in [0.5, 0.6) is 0 Å². The number of benzene rings is 2. The van der Waals surface area contributed by atoms with Gasteiger partial charge in [0.05, 0.1) is 10.2 Å². The zero-order chi connectivity index (χ0) is 13.2. The van der Waals surface area contributed by atoms with E-state index in [1.54, 1.807) is 11.3 Å². The summed E-state index contributed by atoms with van der Waals surface area (Å²) >= 11 is 11.2. The SMILES string of the molecule is Clc1ccccc1CNc1nc2cc(Br)ccc2s1. The van der Waals surface area contributed by atoms with E-state index in [2.05, 4.69) is 32.3 Å². The lowest BCUT2D eigenvalue weighted by atomic mass is 10.2. The molecule has 0 bridgehead atoms. The van der Waals surface area contributed by atoms with Gasteiger partial charge in [-0.3, -0.25) is 0 Å². The molecular formula is C14H10BrClN2S. The second-order valence-electron chi connectivity index (χ2n) is 4.08. The van der Waals surface area contributed by atoms with Gasteiger partial charge in [-0.1, -0.05) is 57.1 Å². The van der Waals surface area contributed by atoms with Crippen LogP contribution in [0.2, 0.25) is 5.02 Å². The Hall–Kier alpha value is -1.10. The smallest absolute Gasteiger partial charge is 0.184 e. The second-order valence-corrected chi connectivity index (χ2v) is 6.43. The number of rotatable bonds is 3. The van der Waals surface area contributed by atoms with E-state index in [0.29, 0.717) is 6.54 Å². The number of fused-ring (bicyclic) bond motifs is 1. The number of nitrogens with zero attached hydrogens (tertiary/aromatic N) is 1. The fourth-order valence-electron chi connectivity index (χ4n) is 1.79. The van der Waals surface area contributed by atoms with Crippen molar-refractivity contribution in [1.29, 1.82) is 0 Å². The summed E-state index contributed by atoms with van der Waals surface area (Å²) in [6.45, 7) is 0.681. The molecule has 0 saturated carbocycles. The molecular weight excluding hydrogens is 344 g/mol. The topological polar surface area (TPSA) is 24.9 Å². The van der Waals surface area contributed by atoms with Crippen molar-refractivity contribution in [1.82, 2.24) is 4.98 Å². The molecule has 0 unspecified atom stereocenters. The molecule has 2 aromatic carbocycles. The molecule has 1 N–H and O–H groups in total. The van der Waals surface area contributed by atoms with E-state index in [-0.39, 0.29) is 0 Å². The number of nitrogens with one attached hydrogen (secondary N) is 1. The Labute approximate surface area is 128 Å². The Bertz CT molecular complexity index is 726. The van der Waals surface area contributed by atoms with E-state index >= 15 is 0 Å². The minimum Gasteiger partial charge on any atom is -0.357 e. The minimum atomic E-state index is 0.681. The van der Waals surface area contributed by atoms with Crippen molar-refractivity contribution in [2.75, 3.05) is 5.32 Å². The summed E-state index contributed by atoms with van der Waals surface area (Å²) in [7, 11) is 0. The monoisotopic (exact) mass is 352 g/mol. The van der Waals surface area contributed by atoms with Crippen molar-refractivity contribution < 1.29 is 0 Å². The van der Waals surface area contributed by atoms with Gasteiger partial charge in [-0.25, -0.2) is 4.98 Å². The van der Waals surface area contributed by atoms with Gasteiger partial charge in [-0.15, -0.1) is 0 Å². The van der Waals surface area contributed by atoms with Crippen LogP contribution < -0.4 is 5.32 Å². The first-order valence-electron chi connectivity index (χ1n) is 5.76. The van der Waals surface area contributed by atoms with Gasteiger partial charge in [0.25, 0.3) is 0 Å². The highest BCUT2D eigenvalue weighted by atomic mass is 79.9. The Morgan fingerprint density at radius 2 is 2.05 bits per heavy atom. The lowest BCUT2D eigenvalue weighted by molar-refractivity contribution is 1.14. The van der Waals surface area contributed by atoms with Gasteiger partial charge >= 0.3 is 0 Å². The van der Waals surface area contributed by atoms with Gasteiger partial charge < -0.3 is 5.32 Å². The Kier molecular flexibility index (Phi) is 3.73. The van der Waals surface area contributed by atoms with Gasteiger partial charge in [-0.2, -0.15) is 0 Å². The first kappa shape index (κ1) is 12.9. The quantitative estimate of drug-likeness (QED) is 0.689. The molecule has 0 fully saturated rings. The van der Waals surface area contributed by atoms with Crippen LogP contribution in [0.4, 0.5) is 5.13 Å². The maximum atomic E-state index is 6.13. The molecule has 0 atom stereocenters. The van der Waals surface area contributed by atoms with Crippen LogP contribution in [0.15, 0.2) is 46.9 Å². The van der Waals surface area contributed by atoms with E-state index in [9.17, 15) is 0 Å². The largest absolute Gasteiger partial charge is 0.357 e. The molecule has 0 aliphatic carbocycles. The van der Waals surface area contributed by atoms with Crippen molar-refractivity contribution in [3.8, 4) is 0 Å². The molecule has 3 rings (SSSR count). The average Bonchev–Trinajstić information content (AvgIpc) is 2.79. The lowest BCUT2D eigenvalue weighted by Crippen LogP contribution is -1.99. The first-order chi connectivity index (χ1) is 9.22. The highest BCUT2D eigenvalue weighted by Gasteiger charge is 2.05. The predicted octanol–water partition coefficient (Wildman–Crippen LogP) is 5.32. The molecule has 0 spiro atoms. The molecule has 1 heterocycles. The van der Waals surface area contributed by atoms with Crippen molar-refractivity contribution in [2.24, 2.45) is 0 Å². The molecule has 0 amide bonds. The molecule has 1 aromatic heterocycles. The second kappa shape index (κ2) is 5.49. The van der Waals surface area contributed by atoms with Crippen LogP contribution in [-0.4, -0.2) is 4.98 Å². The lowest BCUT2D eigenvalue weighted by Gasteiger charge is -2.04. The van der Waals surface area contributed by atoms with E-state index in [0.717, 1.165) is 25.7 Å². The summed E-state index contributed by atoms with van der Waals surface area (Å²) in [6, 6.07) is 13.9. The van der Waals surface area contributed by atoms with Gasteiger partial charge in [0, 0.05) is 16.0 Å². The zero-order valence-electron chi connectivity index (χ0n) is 9.86. The molecule has 96 valence electrons. The van der Waals surface area contributed by atoms with Gasteiger partial charge in [0.1, 0.15) is 0 Å². The van der Waals surface area contributed by atoms with Crippen LogP contribution in [0.25, 0.3) is 10.2 Å². The summed E-state index contributed by atoms with van der Waals surface area (Å²) in [4.78, 5) is 4.55. The number of aromatic nitrogens is 1. The van der Waals surface area contributed by atoms with E-state index in [1.165, 1.54) is 4.70 Å². The fraction of sp³-hybridized carbons (Fsp3) is 0.0714. The summed E-state index contributed by atoms with van der Waals surface area (Å²) in [6.07, 6.45) is 0. The van der Waals surface area contributed by atoms with Gasteiger partial charge in [0.2, 0.25) is 0 Å². The molecule has 0 radical (unpaired) electrons. The third-order valence-electron chi connectivity index (χ3n) is 2.74. The number of hydrogen-bond donors (Lipinski definition) is 1. The van der Waals surface area contributed by atoms with Crippen molar-refractivity contribution in [3.63, 3.8) is 0 Å².